The minimum atomic E-state index is -0.453. The number of nitro groups is 1. The van der Waals surface area contributed by atoms with Gasteiger partial charge < -0.3 is 15.5 Å². The Morgan fingerprint density at radius 2 is 1.76 bits per heavy atom. The van der Waals surface area contributed by atoms with E-state index in [2.05, 4.69) is 40.3 Å². The third-order valence-electron chi connectivity index (χ3n) is 6.80. The molecule has 1 aliphatic rings. The second-order valence-corrected chi connectivity index (χ2v) is 10.2. The Kier molecular flexibility index (Phi) is 9.20. The fourth-order valence-corrected chi connectivity index (χ4v) is 4.74. The van der Waals surface area contributed by atoms with Gasteiger partial charge in [0.05, 0.1) is 4.92 Å². The van der Waals surface area contributed by atoms with Crippen molar-refractivity contribution in [2.75, 3.05) is 54.8 Å². The monoisotopic (exact) mass is 535 g/mol. The van der Waals surface area contributed by atoms with Crippen LogP contribution in [0.4, 0.5) is 22.7 Å². The molecule has 0 saturated carbocycles. The molecule has 3 aromatic rings. The van der Waals surface area contributed by atoms with Crippen molar-refractivity contribution in [2.24, 2.45) is 0 Å². The molecule has 1 aliphatic heterocycles. The molecule has 0 aliphatic carbocycles. The van der Waals surface area contributed by atoms with Crippen molar-refractivity contribution in [3.05, 3.63) is 93.0 Å². The number of hydrogen-bond acceptors (Lipinski definition) is 6. The van der Waals surface area contributed by atoms with Gasteiger partial charge in [0.15, 0.2) is 0 Å². The lowest BCUT2D eigenvalue weighted by Crippen LogP contribution is -2.46. The fourth-order valence-electron chi connectivity index (χ4n) is 4.56. The molecule has 0 unspecified atom stereocenters. The van der Waals surface area contributed by atoms with Crippen LogP contribution in [-0.2, 0) is 0 Å². The number of anilines is 3. The smallest absolute Gasteiger partial charge is 0.293 e. The predicted molar refractivity (Wildman–Crippen MR) is 155 cm³/mol. The highest BCUT2D eigenvalue weighted by Crippen LogP contribution is 2.27. The minimum Gasteiger partial charge on any atom is -0.379 e. The first-order valence-electron chi connectivity index (χ1n) is 13.0. The number of nitrogens with one attached hydrogen (secondary N) is 2. The van der Waals surface area contributed by atoms with Crippen molar-refractivity contribution >= 4 is 40.3 Å². The van der Waals surface area contributed by atoms with Crippen LogP contribution in [0.5, 0.6) is 0 Å². The standard InChI is InChI=1S/C29H34ClN5O3/c1-21(2)22-7-10-25(11-8-22)32-29(36)23-9-12-27(28(19-23)35(37)38)31-13-4-14-33-15-17-34(18-16-33)26-6-3-5-24(30)20-26/h3,5-12,19-21,31H,4,13-18H2,1-2H3,(H,32,36). The van der Waals surface area contributed by atoms with E-state index in [-0.39, 0.29) is 17.2 Å². The van der Waals surface area contributed by atoms with Gasteiger partial charge in [-0.05, 0) is 66.9 Å². The zero-order valence-electron chi connectivity index (χ0n) is 21.8. The summed E-state index contributed by atoms with van der Waals surface area (Å²) in [5.74, 6) is 0.0150. The molecule has 0 radical (unpaired) electrons. The van der Waals surface area contributed by atoms with E-state index in [4.69, 9.17) is 11.6 Å². The van der Waals surface area contributed by atoms with Gasteiger partial charge in [0.2, 0.25) is 0 Å². The van der Waals surface area contributed by atoms with Crippen LogP contribution in [0.15, 0.2) is 66.7 Å². The fraction of sp³-hybridized carbons (Fsp3) is 0.345. The van der Waals surface area contributed by atoms with E-state index in [0.717, 1.165) is 49.9 Å². The summed E-state index contributed by atoms with van der Waals surface area (Å²) >= 11 is 6.12. The zero-order valence-corrected chi connectivity index (χ0v) is 22.6. The second-order valence-electron chi connectivity index (χ2n) is 9.81. The number of nitrogens with zero attached hydrogens (tertiary/aromatic N) is 3. The number of nitro benzene ring substituents is 1. The Bertz CT molecular complexity index is 1260. The molecule has 0 bridgehead atoms. The lowest BCUT2D eigenvalue weighted by atomic mass is 10.0. The van der Waals surface area contributed by atoms with Crippen LogP contribution < -0.4 is 15.5 Å². The van der Waals surface area contributed by atoms with Crippen LogP contribution in [-0.4, -0.2) is 55.0 Å². The summed E-state index contributed by atoms with van der Waals surface area (Å²) in [5.41, 5.74) is 3.52. The van der Waals surface area contributed by atoms with E-state index < -0.39 is 4.92 Å². The molecule has 1 amide bonds. The topological polar surface area (TPSA) is 90.8 Å². The third-order valence-corrected chi connectivity index (χ3v) is 7.04. The van der Waals surface area contributed by atoms with Crippen molar-refractivity contribution in [1.82, 2.24) is 4.90 Å². The molecule has 0 atom stereocenters. The van der Waals surface area contributed by atoms with Gasteiger partial charge in [-0.15, -0.1) is 0 Å². The van der Waals surface area contributed by atoms with Gasteiger partial charge >= 0.3 is 0 Å². The lowest BCUT2D eigenvalue weighted by molar-refractivity contribution is -0.384. The van der Waals surface area contributed by atoms with E-state index in [0.29, 0.717) is 23.8 Å². The van der Waals surface area contributed by atoms with Gasteiger partial charge in [-0.1, -0.05) is 43.6 Å². The maximum absolute atomic E-state index is 12.7. The molecule has 0 spiro atoms. The number of carbonyl (C=O) groups excluding carboxylic acids is 1. The number of hydrogen-bond donors (Lipinski definition) is 2. The maximum atomic E-state index is 12.7. The summed E-state index contributed by atoms with van der Waals surface area (Å²) in [6.07, 6.45) is 0.850. The highest BCUT2D eigenvalue weighted by atomic mass is 35.5. The average molecular weight is 536 g/mol. The van der Waals surface area contributed by atoms with E-state index in [9.17, 15) is 14.9 Å². The lowest BCUT2D eigenvalue weighted by Gasteiger charge is -2.36. The minimum absolute atomic E-state index is 0.108. The van der Waals surface area contributed by atoms with Crippen LogP contribution in [0.3, 0.4) is 0 Å². The molecule has 0 aromatic heterocycles. The average Bonchev–Trinajstić information content (AvgIpc) is 2.91. The first kappa shape index (κ1) is 27.4. The number of amides is 1. The van der Waals surface area contributed by atoms with E-state index in [1.807, 2.05) is 42.5 Å². The van der Waals surface area contributed by atoms with Crippen molar-refractivity contribution in [3.63, 3.8) is 0 Å². The molecule has 9 heteroatoms. The largest absolute Gasteiger partial charge is 0.379 e. The summed E-state index contributed by atoms with van der Waals surface area (Å²) < 4.78 is 0. The summed E-state index contributed by atoms with van der Waals surface area (Å²) in [7, 11) is 0. The van der Waals surface area contributed by atoms with Crippen LogP contribution >= 0.6 is 11.6 Å². The van der Waals surface area contributed by atoms with E-state index in [1.165, 1.54) is 11.6 Å². The Morgan fingerprint density at radius 3 is 2.42 bits per heavy atom. The summed E-state index contributed by atoms with van der Waals surface area (Å²) in [4.78, 5) is 28.7. The molecule has 1 fully saturated rings. The first-order chi connectivity index (χ1) is 18.3. The maximum Gasteiger partial charge on any atom is 0.293 e. The SMILES string of the molecule is CC(C)c1ccc(NC(=O)c2ccc(NCCCN3CCN(c4cccc(Cl)c4)CC3)c([N+](=O)[O-])c2)cc1. The Morgan fingerprint density at radius 1 is 1.03 bits per heavy atom. The van der Waals surface area contributed by atoms with Gasteiger partial charge in [0.25, 0.3) is 11.6 Å². The number of rotatable bonds is 10. The van der Waals surface area contributed by atoms with Crippen LogP contribution in [0, 0.1) is 10.1 Å². The predicted octanol–water partition coefficient (Wildman–Crippen LogP) is 6.25. The molecule has 4 rings (SSSR count). The van der Waals surface area contributed by atoms with Gasteiger partial charge in [-0.25, -0.2) is 0 Å². The molecule has 38 heavy (non-hydrogen) atoms. The summed E-state index contributed by atoms with van der Waals surface area (Å²) in [6.45, 7) is 9.49. The number of carbonyl (C=O) groups is 1. The number of halogens is 1. The van der Waals surface area contributed by atoms with E-state index in [1.54, 1.807) is 12.1 Å². The Labute approximate surface area is 228 Å². The molecule has 3 aromatic carbocycles. The Hall–Kier alpha value is -3.62. The van der Waals surface area contributed by atoms with Crippen LogP contribution in [0.2, 0.25) is 5.02 Å². The number of piperazine rings is 1. The normalized spacial score (nSPS) is 13.9. The molecule has 1 saturated heterocycles. The quantitative estimate of drug-likeness (QED) is 0.181. The molecular weight excluding hydrogens is 502 g/mol. The summed E-state index contributed by atoms with van der Waals surface area (Å²) in [6, 6.07) is 20.1. The van der Waals surface area contributed by atoms with Crippen molar-refractivity contribution in [1.29, 1.82) is 0 Å². The highest BCUT2D eigenvalue weighted by molar-refractivity contribution is 6.30. The van der Waals surface area contributed by atoms with Crippen molar-refractivity contribution in [3.8, 4) is 0 Å². The van der Waals surface area contributed by atoms with Gasteiger partial charge in [-0.3, -0.25) is 19.8 Å². The van der Waals surface area contributed by atoms with E-state index >= 15 is 0 Å². The summed E-state index contributed by atoms with van der Waals surface area (Å²) in [5, 5.41) is 18.5. The molecule has 200 valence electrons. The van der Waals surface area contributed by atoms with Crippen molar-refractivity contribution < 1.29 is 9.72 Å². The van der Waals surface area contributed by atoms with Crippen LogP contribution in [0.25, 0.3) is 0 Å². The highest BCUT2D eigenvalue weighted by Gasteiger charge is 2.19. The molecule has 2 N–H and O–H groups in total. The number of benzene rings is 3. The van der Waals surface area contributed by atoms with Gasteiger partial charge in [0, 0.05) is 60.8 Å². The second kappa shape index (κ2) is 12.8. The molecule has 8 nitrogen and oxygen atoms in total. The molecular formula is C29H34ClN5O3. The van der Waals surface area contributed by atoms with Crippen LogP contribution in [0.1, 0.15) is 42.1 Å². The van der Waals surface area contributed by atoms with Gasteiger partial charge in [-0.2, -0.15) is 0 Å². The Balaban J connectivity index is 1.26. The first-order valence-corrected chi connectivity index (χ1v) is 13.3. The van der Waals surface area contributed by atoms with Crippen molar-refractivity contribution in [2.45, 2.75) is 26.2 Å². The molecule has 1 heterocycles. The van der Waals surface area contributed by atoms with Gasteiger partial charge in [0.1, 0.15) is 5.69 Å². The zero-order chi connectivity index (χ0) is 27.1. The third kappa shape index (κ3) is 7.24.